The monoisotopic (exact) mass is 287 g/mol. The van der Waals surface area contributed by atoms with Crippen molar-refractivity contribution in [2.75, 3.05) is 25.6 Å². The Morgan fingerprint density at radius 2 is 1.95 bits per heavy atom. The predicted octanol–water partition coefficient (Wildman–Crippen LogP) is 3.18. The van der Waals surface area contributed by atoms with E-state index in [4.69, 9.17) is 9.72 Å². The molecule has 0 aliphatic heterocycles. The number of aromatic nitrogens is 1. The topological polar surface area (TPSA) is 46.2 Å². The summed E-state index contributed by atoms with van der Waals surface area (Å²) in [6.45, 7) is 8.71. The molecule has 2 rings (SSSR count). The molecule has 0 saturated heterocycles. The highest BCUT2D eigenvalue weighted by atomic mass is 16.5. The van der Waals surface area contributed by atoms with Crippen molar-refractivity contribution in [2.24, 2.45) is 0 Å². The Hall–Kier alpha value is -1.65. The van der Waals surface area contributed by atoms with E-state index in [9.17, 15) is 0 Å². The van der Waals surface area contributed by atoms with E-state index in [0.29, 0.717) is 6.61 Å². The van der Waals surface area contributed by atoms with Gasteiger partial charge in [0.05, 0.1) is 17.8 Å². The molecule has 4 nitrogen and oxygen atoms in total. The summed E-state index contributed by atoms with van der Waals surface area (Å²) in [7, 11) is 1.71. The van der Waals surface area contributed by atoms with E-state index in [-0.39, 0.29) is 5.54 Å². The van der Waals surface area contributed by atoms with Crippen molar-refractivity contribution >= 4 is 16.6 Å². The van der Waals surface area contributed by atoms with Gasteiger partial charge >= 0.3 is 0 Å². The first-order valence-electron chi connectivity index (χ1n) is 7.36. The van der Waals surface area contributed by atoms with Crippen LogP contribution in [0.1, 0.15) is 26.5 Å². The Labute approximate surface area is 126 Å². The minimum absolute atomic E-state index is 0.0803. The number of para-hydroxylation sites is 1. The summed E-state index contributed by atoms with van der Waals surface area (Å²) < 4.78 is 5.11. The van der Waals surface area contributed by atoms with Gasteiger partial charge in [-0.1, -0.05) is 18.2 Å². The molecule has 0 spiro atoms. The quantitative estimate of drug-likeness (QED) is 0.801. The van der Waals surface area contributed by atoms with Crippen molar-refractivity contribution in [3.8, 4) is 0 Å². The molecule has 21 heavy (non-hydrogen) atoms. The maximum absolute atomic E-state index is 5.11. The molecule has 2 N–H and O–H groups in total. The fourth-order valence-electron chi connectivity index (χ4n) is 2.11. The molecule has 0 aliphatic rings. The molecule has 2 aromatic rings. The first-order valence-corrected chi connectivity index (χ1v) is 7.36. The van der Waals surface area contributed by atoms with Gasteiger partial charge in [0.1, 0.15) is 0 Å². The van der Waals surface area contributed by atoms with Crippen molar-refractivity contribution in [3.63, 3.8) is 0 Å². The molecule has 1 aromatic carbocycles. The molecule has 0 radical (unpaired) electrons. The lowest BCUT2D eigenvalue weighted by molar-refractivity contribution is 0.211. The van der Waals surface area contributed by atoms with Crippen LogP contribution in [0.2, 0.25) is 0 Å². The average Bonchev–Trinajstić information content (AvgIpc) is 2.44. The van der Waals surface area contributed by atoms with Crippen molar-refractivity contribution in [1.29, 1.82) is 0 Å². The molecule has 0 fully saturated rings. The van der Waals surface area contributed by atoms with E-state index in [0.717, 1.165) is 35.4 Å². The minimum Gasteiger partial charge on any atom is -0.383 e. The Morgan fingerprint density at radius 1 is 1.19 bits per heavy atom. The molecular weight excluding hydrogens is 262 g/mol. The number of methoxy groups -OCH3 is 1. The summed E-state index contributed by atoms with van der Waals surface area (Å²) in [4.78, 5) is 4.73. The van der Waals surface area contributed by atoms with E-state index in [1.165, 1.54) is 0 Å². The van der Waals surface area contributed by atoms with Gasteiger partial charge in [0.2, 0.25) is 0 Å². The van der Waals surface area contributed by atoms with Crippen LogP contribution in [0.3, 0.4) is 0 Å². The van der Waals surface area contributed by atoms with Crippen LogP contribution < -0.4 is 10.6 Å². The maximum Gasteiger partial charge on any atom is 0.0726 e. The molecule has 4 heteroatoms. The van der Waals surface area contributed by atoms with Gasteiger partial charge in [-0.3, -0.25) is 4.98 Å². The highest BCUT2D eigenvalue weighted by molar-refractivity contribution is 5.91. The van der Waals surface area contributed by atoms with E-state index >= 15 is 0 Å². The normalized spacial score (nSPS) is 11.8. The fraction of sp³-hybridized carbons (Fsp3) is 0.471. The second-order valence-corrected chi connectivity index (χ2v) is 6.20. The van der Waals surface area contributed by atoms with Gasteiger partial charge in [-0.2, -0.15) is 0 Å². The summed E-state index contributed by atoms with van der Waals surface area (Å²) in [6, 6.07) is 10.3. The van der Waals surface area contributed by atoms with E-state index < -0.39 is 0 Å². The van der Waals surface area contributed by atoms with Crippen LogP contribution in [0.5, 0.6) is 0 Å². The summed E-state index contributed by atoms with van der Waals surface area (Å²) in [5.74, 6) is 0. The van der Waals surface area contributed by atoms with E-state index in [1.54, 1.807) is 7.11 Å². The molecular formula is C17H25N3O. The van der Waals surface area contributed by atoms with Crippen LogP contribution in [0.25, 0.3) is 10.9 Å². The molecule has 0 aliphatic carbocycles. The number of nitrogens with zero attached hydrogens (tertiary/aromatic N) is 1. The maximum atomic E-state index is 5.11. The highest BCUT2D eigenvalue weighted by Crippen LogP contribution is 2.23. The van der Waals surface area contributed by atoms with Crippen LogP contribution in [-0.2, 0) is 11.3 Å². The van der Waals surface area contributed by atoms with Crippen LogP contribution in [0, 0.1) is 0 Å². The standard InChI is InChI=1S/C17H25N3O/c1-17(2,3)19-12-13-11-16(18-9-10-21-4)14-7-5-6-8-15(14)20-13/h5-8,11,19H,9-10,12H2,1-4H3,(H,18,20). The molecule has 0 saturated carbocycles. The number of pyridine rings is 1. The van der Waals surface area contributed by atoms with Gasteiger partial charge in [0, 0.05) is 36.8 Å². The third-order valence-electron chi connectivity index (χ3n) is 3.19. The van der Waals surface area contributed by atoms with Crippen LogP contribution >= 0.6 is 0 Å². The molecule has 0 amide bonds. The van der Waals surface area contributed by atoms with E-state index in [2.05, 4.69) is 49.6 Å². The van der Waals surface area contributed by atoms with Crippen LogP contribution in [0.4, 0.5) is 5.69 Å². The Kier molecular flexibility index (Phi) is 5.15. The zero-order valence-electron chi connectivity index (χ0n) is 13.4. The van der Waals surface area contributed by atoms with Gasteiger partial charge in [-0.15, -0.1) is 0 Å². The van der Waals surface area contributed by atoms with Crippen molar-refractivity contribution in [1.82, 2.24) is 10.3 Å². The van der Waals surface area contributed by atoms with Gasteiger partial charge < -0.3 is 15.4 Å². The Balaban J connectivity index is 2.26. The molecule has 114 valence electrons. The van der Waals surface area contributed by atoms with Crippen LogP contribution in [-0.4, -0.2) is 30.8 Å². The zero-order chi connectivity index (χ0) is 15.3. The smallest absolute Gasteiger partial charge is 0.0726 e. The number of benzene rings is 1. The molecule has 0 bridgehead atoms. The molecule has 1 aromatic heterocycles. The summed E-state index contributed by atoms with van der Waals surface area (Å²) >= 11 is 0. The number of ether oxygens (including phenoxy) is 1. The van der Waals surface area contributed by atoms with Gasteiger partial charge in [0.25, 0.3) is 0 Å². The highest BCUT2D eigenvalue weighted by Gasteiger charge is 2.10. The second-order valence-electron chi connectivity index (χ2n) is 6.20. The lowest BCUT2D eigenvalue weighted by atomic mass is 10.1. The number of fused-ring (bicyclic) bond motifs is 1. The fourth-order valence-corrected chi connectivity index (χ4v) is 2.11. The summed E-state index contributed by atoms with van der Waals surface area (Å²) in [5, 5.41) is 8.06. The van der Waals surface area contributed by atoms with Gasteiger partial charge in [-0.05, 0) is 32.9 Å². The SMILES string of the molecule is COCCNc1cc(CNC(C)(C)C)nc2ccccc12. The summed E-state index contributed by atoms with van der Waals surface area (Å²) in [6.07, 6.45) is 0. The minimum atomic E-state index is 0.0803. The predicted molar refractivity (Wildman–Crippen MR) is 88.7 cm³/mol. The van der Waals surface area contributed by atoms with Crippen molar-refractivity contribution < 1.29 is 4.74 Å². The number of hydrogen-bond donors (Lipinski definition) is 2. The number of rotatable bonds is 6. The number of hydrogen-bond acceptors (Lipinski definition) is 4. The number of anilines is 1. The van der Waals surface area contributed by atoms with E-state index in [1.807, 2.05) is 12.1 Å². The lowest BCUT2D eigenvalue weighted by Crippen LogP contribution is -2.35. The first-order chi connectivity index (χ1) is 9.99. The number of nitrogens with one attached hydrogen (secondary N) is 2. The largest absolute Gasteiger partial charge is 0.383 e. The first kappa shape index (κ1) is 15.7. The van der Waals surface area contributed by atoms with Crippen molar-refractivity contribution in [2.45, 2.75) is 32.9 Å². The van der Waals surface area contributed by atoms with Gasteiger partial charge in [0.15, 0.2) is 0 Å². The van der Waals surface area contributed by atoms with Gasteiger partial charge in [-0.25, -0.2) is 0 Å². The Bertz CT molecular complexity index is 590. The van der Waals surface area contributed by atoms with Crippen molar-refractivity contribution in [3.05, 3.63) is 36.0 Å². The second kappa shape index (κ2) is 6.87. The third kappa shape index (κ3) is 4.69. The third-order valence-corrected chi connectivity index (χ3v) is 3.19. The molecule has 1 heterocycles. The summed E-state index contributed by atoms with van der Waals surface area (Å²) in [5.41, 5.74) is 3.26. The van der Waals surface area contributed by atoms with Crippen LogP contribution in [0.15, 0.2) is 30.3 Å². The Morgan fingerprint density at radius 3 is 2.67 bits per heavy atom. The molecule has 0 unspecified atom stereocenters. The molecule has 0 atom stereocenters. The zero-order valence-corrected chi connectivity index (χ0v) is 13.4. The average molecular weight is 287 g/mol. The lowest BCUT2D eigenvalue weighted by Gasteiger charge is -2.21.